The molecule has 0 unspecified atom stereocenters. The first-order chi connectivity index (χ1) is 12.4. The first-order valence-electron chi connectivity index (χ1n) is 8.50. The SMILES string of the molecule is CC(C)n1ccc(C(=O)N[C@@H](CC(=O)O)c2ccc3ccccc3c2)n1. The van der Waals surface area contributed by atoms with Crippen LogP contribution in [-0.2, 0) is 4.79 Å². The second-order valence-corrected chi connectivity index (χ2v) is 6.51. The van der Waals surface area contributed by atoms with Gasteiger partial charge in [-0.2, -0.15) is 5.10 Å². The van der Waals surface area contributed by atoms with E-state index in [1.165, 1.54) is 0 Å². The number of carbonyl (C=O) groups is 2. The van der Waals surface area contributed by atoms with Crippen LogP contribution in [0.5, 0.6) is 0 Å². The van der Waals surface area contributed by atoms with Gasteiger partial charge in [0.2, 0.25) is 0 Å². The Kier molecular flexibility index (Phi) is 5.02. The minimum Gasteiger partial charge on any atom is -0.481 e. The summed E-state index contributed by atoms with van der Waals surface area (Å²) in [4.78, 5) is 23.8. The van der Waals surface area contributed by atoms with Gasteiger partial charge in [0.25, 0.3) is 5.91 Å². The van der Waals surface area contributed by atoms with Gasteiger partial charge in [-0.25, -0.2) is 0 Å². The fourth-order valence-electron chi connectivity index (χ4n) is 2.83. The lowest BCUT2D eigenvalue weighted by Crippen LogP contribution is -2.30. The molecule has 1 heterocycles. The Labute approximate surface area is 151 Å². The maximum Gasteiger partial charge on any atom is 0.305 e. The lowest BCUT2D eigenvalue weighted by Gasteiger charge is -2.17. The van der Waals surface area contributed by atoms with E-state index in [-0.39, 0.29) is 24.1 Å². The van der Waals surface area contributed by atoms with E-state index in [1.54, 1.807) is 16.9 Å². The molecule has 1 atom stereocenters. The molecule has 0 saturated heterocycles. The third-order valence-electron chi connectivity index (χ3n) is 4.23. The molecule has 134 valence electrons. The molecule has 3 aromatic rings. The Balaban J connectivity index is 1.86. The van der Waals surface area contributed by atoms with Crippen LogP contribution in [0.4, 0.5) is 0 Å². The molecule has 0 saturated carbocycles. The number of nitrogens with zero attached hydrogens (tertiary/aromatic N) is 2. The van der Waals surface area contributed by atoms with Crippen molar-refractivity contribution in [1.29, 1.82) is 0 Å². The Morgan fingerprint density at radius 1 is 1.12 bits per heavy atom. The molecule has 3 rings (SSSR count). The summed E-state index contributed by atoms with van der Waals surface area (Å²) in [5.41, 5.74) is 1.03. The van der Waals surface area contributed by atoms with Gasteiger partial charge in [-0.1, -0.05) is 36.4 Å². The van der Waals surface area contributed by atoms with Crippen molar-refractivity contribution in [2.45, 2.75) is 32.4 Å². The van der Waals surface area contributed by atoms with Crippen molar-refractivity contribution in [1.82, 2.24) is 15.1 Å². The van der Waals surface area contributed by atoms with Gasteiger partial charge >= 0.3 is 5.97 Å². The predicted molar refractivity (Wildman–Crippen MR) is 99.0 cm³/mol. The molecule has 0 spiro atoms. The van der Waals surface area contributed by atoms with Gasteiger partial charge in [-0.05, 0) is 42.3 Å². The van der Waals surface area contributed by atoms with Crippen LogP contribution in [0.3, 0.4) is 0 Å². The summed E-state index contributed by atoms with van der Waals surface area (Å²) in [5, 5.41) is 18.4. The number of hydrogen-bond donors (Lipinski definition) is 2. The number of carboxylic acids is 1. The average Bonchev–Trinajstić information content (AvgIpc) is 3.11. The minimum atomic E-state index is -0.976. The maximum absolute atomic E-state index is 12.5. The summed E-state index contributed by atoms with van der Waals surface area (Å²) in [5.74, 6) is -1.36. The number of hydrogen-bond acceptors (Lipinski definition) is 3. The topological polar surface area (TPSA) is 84.2 Å². The van der Waals surface area contributed by atoms with E-state index in [1.807, 2.05) is 56.3 Å². The monoisotopic (exact) mass is 351 g/mol. The van der Waals surface area contributed by atoms with E-state index in [4.69, 9.17) is 0 Å². The Morgan fingerprint density at radius 2 is 1.85 bits per heavy atom. The van der Waals surface area contributed by atoms with Gasteiger partial charge in [-0.15, -0.1) is 0 Å². The number of aliphatic carboxylic acids is 1. The fourth-order valence-corrected chi connectivity index (χ4v) is 2.83. The van der Waals surface area contributed by atoms with Gasteiger partial charge < -0.3 is 10.4 Å². The van der Waals surface area contributed by atoms with Crippen molar-refractivity contribution in [3.05, 3.63) is 66.0 Å². The Hall–Kier alpha value is -3.15. The molecule has 0 radical (unpaired) electrons. The number of rotatable bonds is 6. The number of nitrogens with one attached hydrogen (secondary N) is 1. The van der Waals surface area contributed by atoms with E-state index < -0.39 is 12.0 Å². The summed E-state index contributed by atoms with van der Waals surface area (Å²) in [6.45, 7) is 3.94. The lowest BCUT2D eigenvalue weighted by atomic mass is 9.99. The zero-order valence-corrected chi connectivity index (χ0v) is 14.7. The predicted octanol–water partition coefficient (Wildman–Crippen LogP) is 3.56. The molecule has 1 amide bonds. The van der Waals surface area contributed by atoms with Crippen LogP contribution in [0.25, 0.3) is 10.8 Å². The summed E-state index contributed by atoms with van der Waals surface area (Å²) < 4.78 is 1.69. The highest BCUT2D eigenvalue weighted by Crippen LogP contribution is 2.23. The zero-order valence-electron chi connectivity index (χ0n) is 14.7. The number of carboxylic acid groups (broad SMARTS) is 1. The standard InChI is InChI=1S/C20H21N3O3/c1-13(2)23-10-9-17(22-23)20(26)21-18(12-19(24)25)16-8-7-14-5-3-4-6-15(14)11-16/h3-11,13,18H,12H2,1-2H3,(H,21,26)(H,24,25)/t18-/m0/s1. The second kappa shape index (κ2) is 7.39. The van der Waals surface area contributed by atoms with Crippen LogP contribution >= 0.6 is 0 Å². The van der Waals surface area contributed by atoms with E-state index in [0.717, 1.165) is 16.3 Å². The van der Waals surface area contributed by atoms with Crippen LogP contribution in [0.15, 0.2) is 54.7 Å². The molecular weight excluding hydrogens is 330 g/mol. The van der Waals surface area contributed by atoms with Crippen LogP contribution in [0.1, 0.15) is 48.4 Å². The zero-order chi connectivity index (χ0) is 18.7. The van der Waals surface area contributed by atoms with E-state index in [2.05, 4.69) is 10.4 Å². The normalized spacial score (nSPS) is 12.3. The molecule has 0 aliphatic rings. The van der Waals surface area contributed by atoms with Gasteiger partial charge in [0.05, 0.1) is 12.5 Å². The van der Waals surface area contributed by atoms with Crippen molar-refractivity contribution >= 4 is 22.6 Å². The number of carbonyl (C=O) groups excluding carboxylic acids is 1. The number of fused-ring (bicyclic) bond motifs is 1. The first-order valence-corrected chi connectivity index (χ1v) is 8.50. The summed E-state index contributed by atoms with van der Waals surface area (Å²) >= 11 is 0. The smallest absolute Gasteiger partial charge is 0.305 e. The summed E-state index contributed by atoms with van der Waals surface area (Å²) in [7, 11) is 0. The van der Waals surface area contributed by atoms with Crippen LogP contribution < -0.4 is 5.32 Å². The molecule has 2 aromatic carbocycles. The molecule has 1 aromatic heterocycles. The fraction of sp³-hybridized carbons (Fsp3) is 0.250. The molecule has 0 fully saturated rings. The van der Waals surface area contributed by atoms with Crippen LogP contribution in [0.2, 0.25) is 0 Å². The second-order valence-electron chi connectivity index (χ2n) is 6.51. The van der Waals surface area contributed by atoms with Crippen molar-refractivity contribution in [3.8, 4) is 0 Å². The van der Waals surface area contributed by atoms with Gasteiger partial charge in [-0.3, -0.25) is 14.3 Å². The van der Waals surface area contributed by atoms with Gasteiger partial charge in [0.1, 0.15) is 5.69 Å². The van der Waals surface area contributed by atoms with Crippen LogP contribution in [0, 0.1) is 0 Å². The summed E-state index contributed by atoms with van der Waals surface area (Å²) in [6, 6.07) is 14.7. The molecule has 0 aliphatic carbocycles. The molecule has 26 heavy (non-hydrogen) atoms. The minimum absolute atomic E-state index is 0.145. The quantitative estimate of drug-likeness (QED) is 0.711. The van der Waals surface area contributed by atoms with Crippen molar-refractivity contribution < 1.29 is 14.7 Å². The highest BCUT2D eigenvalue weighted by atomic mass is 16.4. The van der Waals surface area contributed by atoms with Crippen molar-refractivity contribution in [3.63, 3.8) is 0 Å². The van der Waals surface area contributed by atoms with E-state index in [0.29, 0.717) is 0 Å². The van der Waals surface area contributed by atoms with Crippen LogP contribution in [-0.4, -0.2) is 26.8 Å². The first kappa shape index (κ1) is 17.7. The highest BCUT2D eigenvalue weighted by Gasteiger charge is 2.20. The van der Waals surface area contributed by atoms with E-state index >= 15 is 0 Å². The number of aromatic nitrogens is 2. The Morgan fingerprint density at radius 3 is 2.50 bits per heavy atom. The van der Waals surface area contributed by atoms with E-state index in [9.17, 15) is 14.7 Å². The van der Waals surface area contributed by atoms with Crippen molar-refractivity contribution in [2.75, 3.05) is 0 Å². The average molecular weight is 351 g/mol. The van der Waals surface area contributed by atoms with Gasteiger partial charge in [0, 0.05) is 12.2 Å². The maximum atomic E-state index is 12.5. The molecule has 6 heteroatoms. The third kappa shape index (κ3) is 3.91. The van der Waals surface area contributed by atoms with Crippen molar-refractivity contribution in [2.24, 2.45) is 0 Å². The van der Waals surface area contributed by atoms with Gasteiger partial charge in [0.15, 0.2) is 0 Å². The summed E-state index contributed by atoms with van der Waals surface area (Å²) in [6.07, 6.45) is 1.54. The largest absolute Gasteiger partial charge is 0.481 e. The highest BCUT2D eigenvalue weighted by molar-refractivity contribution is 5.93. The number of amides is 1. The Bertz CT molecular complexity index is 946. The molecule has 0 bridgehead atoms. The lowest BCUT2D eigenvalue weighted by molar-refractivity contribution is -0.137. The molecule has 2 N–H and O–H groups in total. The molecule has 0 aliphatic heterocycles. The number of benzene rings is 2. The third-order valence-corrected chi connectivity index (χ3v) is 4.23. The molecular formula is C20H21N3O3. The molecule has 6 nitrogen and oxygen atoms in total.